The minimum atomic E-state index is -0.0986. The Labute approximate surface area is 170 Å². The Morgan fingerprint density at radius 2 is 2.04 bits per heavy atom. The molecule has 6 nitrogen and oxygen atoms in total. The van der Waals surface area contributed by atoms with Crippen molar-refractivity contribution < 1.29 is 4.79 Å². The van der Waals surface area contributed by atoms with Gasteiger partial charge in [0.25, 0.3) is 0 Å². The van der Waals surface area contributed by atoms with Crippen molar-refractivity contribution in [2.24, 2.45) is 4.99 Å². The van der Waals surface area contributed by atoms with Gasteiger partial charge in [-0.05, 0) is 42.5 Å². The van der Waals surface area contributed by atoms with E-state index >= 15 is 0 Å². The molecule has 1 fully saturated rings. The van der Waals surface area contributed by atoms with Gasteiger partial charge in [0, 0.05) is 45.0 Å². The highest BCUT2D eigenvalue weighted by Gasteiger charge is 2.29. The van der Waals surface area contributed by atoms with Crippen LogP contribution in [0.3, 0.4) is 0 Å². The second-order valence-electron chi connectivity index (χ2n) is 7.08. The number of nitrogens with zero attached hydrogens (tertiary/aromatic N) is 3. The number of piperazine rings is 1. The molecule has 4 rings (SSSR count). The summed E-state index contributed by atoms with van der Waals surface area (Å²) in [6, 6.07) is 12.2. The van der Waals surface area contributed by atoms with Crippen molar-refractivity contribution >= 4 is 33.9 Å². The molecule has 3 heterocycles. The summed E-state index contributed by atoms with van der Waals surface area (Å²) in [5, 5.41) is 9.86. The van der Waals surface area contributed by atoms with Crippen LogP contribution in [-0.4, -0.2) is 56.0 Å². The maximum absolute atomic E-state index is 12.3. The first-order valence-corrected chi connectivity index (χ1v) is 10.9. The fourth-order valence-electron chi connectivity index (χ4n) is 3.88. The van der Waals surface area contributed by atoms with Crippen molar-refractivity contribution in [3.05, 3.63) is 47.3 Å². The van der Waals surface area contributed by atoms with Gasteiger partial charge in [0.15, 0.2) is 5.96 Å². The SMILES string of the molecule is CCNC(=NCCC1C(=O)Nc2ccccc21)N1CCN(c2cccs2)CC1. The van der Waals surface area contributed by atoms with E-state index in [-0.39, 0.29) is 11.8 Å². The van der Waals surface area contributed by atoms with E-state index in [1.807, 2.05) is 24.3 Å². The lowest BCUT2D eigenvalue weighted by Gasteiger charge is -2.37. The number of aliphatic imine (C=N–C) groups is 1. The lowest BCUT2D eigenvalue weighted by Crippen LogP contribution is -2.52. The van der Waals surface area contributed by atoms with Gasteiger partial charge in [-0.15, -0.1) is 11.3 Å². The predicted molar refractivity (Wildman–Crippen MR) is 117 cm³/mol. The predicted octanol–water partition coefficient (Wildman–Crippen LogP) is 2.96. The van der Waals surface area contributed by atoms with Gasteiger partial charge in [-0.3, -0.25) is 9.79 Å². The standard InChI is InChI=1S/C21H27N5OS/c1-2-22-21(26-13-11-25(12-14-26)19-8-5-15-28-19)23-10-9-17-16-6-3-4-7-18(16)24-20(17)27/h3-8,15,17H,2,9-14H2,1H3,(H,22,23)(H,24,27). The Hall–Kier alpha value is -2.54. The Morgan fingerprint density at radius 3 is 2.79 bits per heavy atom. The van der Waals surface area contributed by atoms with E-state index < -0.39 is 0 Å². The molecule has 1 amide bonds. The van der Waals surface area contributed by atoms with Gasteiger partial charge in [-0.2, -0.15) is 0 Å². The van der Waals surface area contributed by atoms with Crippen molar-refractivity contribution in [2.75, 3.05) is 49.5 Å². The molecule has 2 N–H and O–H groups in total. The summed E-state index contributed by atoms with van der Waals surface area (Å²) in [5.41, 5.74) is 2.04. The molecule has 0 bridgehead atoms. The third-order valence-corrected chi connectivity index (χ3v) is 6.25. The Kier molecular flexibility index (Phi) is 5.81. The Balaban J connectivity index is 1.36. The molecule has 2 aliphatic rings. The molecule has 2 aromatic rings. The Bertz CT molecular complexity index is 827. The van der Waals surface area contributed by atoms with E-state index in [9.17, 15) is 4.79 Å². The van der Waals surface area contributed by atoms with E-state index in [0.717, 1.165) is 56.4 Å². The summed E-state index contributed by atoms with van der Waals surface area (Å²) < 4.78 is 0. The zero-order valence-electron chi connectivity index (χ0n) is 16.2. The number of carbonyl (C=O) groups excluding carboxylic acids is 1. The highest BCUT2D eigenvalue weighted by atomic mass is 32.1. The molecule has 0 radical (unpaired) electrons. The summed E-state index contributed by atoms with van der Waals surface area (Å²) in [7, 11) is 0. The number of para-hydroxylation sites is 1. The minimum Gasteiger partial charge on any atom is -0.360 e. The zero-order valence-corrected chi connectivity index (χ0v) is 17.0. The fraction of sp³-hybridized carbons (Fsp3) is 0.429. The van der Waals surface area contributed by atoms with E-state index in [4.69, 9.17) is 4.99 Å². The number of amides is 1. The maximum atomic E-state index is 12.3. The van der Waals surface area contributed by atoms with Gasteiger partial charge >= 0.3 is 0 Å². The third kappa shape index (κ3) is 3.99. The van der Waals surface area contributed by atoms with Crippen LogP contribution >= 0.6 is 11.3 Å². The highest BCUT2D eigenvalue weighted by molar-refractivity contribution is 7.14. The first kappa shape index (κ1) is 18.8. The van der Waals surface area contributed by atoms with Crippen molar-refractivity contribution in [3.63, 3.8) is 0 Å². The van der Waals surface area contributed by atoms with Crippen LogP contribution < -0.4 is 15.5 Å². The van der Waals surface area contributed by atoms with Gasteiger partial charge < -0.3 is 20.4 Å². The van der Waals surface area contributed by atoms with Crippen LogP contribution in [0.25, 0.3) is 0 Å². The van der Waals surface area contributed by atoms with Crippen LogP contribution in [-0.2, 0) is 4.79 Å². The number of thiophene rings is 1. The van der Waals surface area contributed by atoms with Gasteiger partial charge in [0.05, 0.1) is 10.9 Å². The van der Waals surface area contributed by atoms with Crippen molar-refractivity contribution in [1.82, 2.24) is 10.2 Å². The minimum absolute atomic E-state index is 0.0889. The topological polar surface area (TPSA) is 60.0 Å². The second kappa shape index (κ2) is 8.65. The largest absolute Gasteiger partial charge is 0.360 e. The maximum Gasteiger partial charge on any atom is 0.232 e. The van der Waals surface area contributed by atoms with E-state index in [1.54, 1.807) is 11.3 Å². The number of hydrogen-bond donors (Lipinski definition) is 2. The third-order valence-electron chi connectivity index (χ3n) is 5.32. The molecular formula is C21H27N5OS. The molecule has 1 saturated heterocycles. The molecule has 2 aliphatic heterocycles. The molecule has 0 spiro atoms. The number of benzene rings is 1. The van der Waals surface area contributed by atoms with Gasteiger partial charge in [0.1, 0.15) is 0 Å². The van der Waals surface area contributed by atoms with Crippen molar-refractivity contribution in [1.29, 1.82) is 0 Å². The molecule has 1 aromatic heterocycles. The average molecular weight is 398 g/mol. The van der Waals surface area contributed by atoms with Crippen LogP contribution in [0.1, 0.15) is 24.8 Å². The first-order chi connectivity index (χ1) is 13.8. The van der Waals surface area contributed by atoms with E-state index in [1.165, 1.54) is 5.00 Å². The molecule has 148 valence electrons. The van der Waals surface area contributed by atoms with Crippen molar-refractivity contribution in [3.8, 4) is 0 Å². The summed E-state index contributed by atoms with van der Waals surface area (Å²) in [5.74, 6) is 0.949. The van der Waals surface area contributed by atoms with Crippen LogP contribution in [0.5, 0.6) is 0 Å². The van der Waals surface area contributed by atoms with E-state index in [0.29, 0.717) is 6.54 Å². The van der Waals surface area contributed by atoms with Crippen LogP contribution in [0.2, 0.25) is 0 Å². The second-order valence-corrected chi connectivity index (χ2v) is 8.00. The first-order valence-electron chi connectivity index (χ1n) is 9.97. The number of guanidine groups is 1. The van der Waals surface area contributed by atoms with Gasteiger partial charge in [-0.25, -0.2) is 0 Å². The summed E-state index contributed by atoms with van der Waals surface area (Å²) >= 11 is 1.80. The number of fused-ring (bicyclic) bond motifs is 1. The number of carbonyl (C=O) groups is 1. The summed E-state index contributed by atoms with van der Waals surface area (Å²) in [4.78, 5) is 21.9. The van der Waals surface area contributed by atoms with E-state index in [2.05, 4.69) is 44.9 Å². The quantitative estimate of drug-likeness (QED) is 0.602. The summed E-state index contributed by atoms with van der Waals surface area (Å²) in [6.45, 7) is 7.49. The number of rotatable bonds is 5. The van der Waals surface area contributed by atoms with Gasteiger partial charge in [-0.1, -0.05) is 18.2 Å². The molecule has 1 unspecified atom stereocenters. The van der Waals surface area contributed by atoms with Crippen LogP contribution in [0.15, 0.2) is 46.8 Å². The molecular weight excluding hydrogens is 370 g/mol. The van der Waals surface area contributed by atoms with Crippen LogP contribution in [0, 0.1) is 0 Å². The molecule has 0 aliphatic carbocycles. The molecule has 28 heavy (non-hydrogen) atoms. The zero-order chi connectivity index (χ0) is 19.3. The van der Waals surface area contributed by atoms with Crippen LogP contribution in [0.4, 0.5) is 10.7 Å². The summed E-state index contributed by atoms with van der Waals surface area (Å²) in [6.07, 6.45) is 0.729. The van der Waals surface area contributed by atoms with Crippen molar-refractivity contribution in [2.45, 2.75) is 19.3 Å². The molecule has 0 saturated carbocycles. The molecule has 1 atom stereocenters. The smallest absolute Gasteiger partial charge is 0.232 e. The average Bonchev–Trinajstić information content (AvgIpc) is 3.36. The van der Waals surface area contributed by atoms with Gasteiger partial charge in [0.2, 0.25) is 5.91 Å². The number of nitrogens with one attached hydrogen (secondary N) is 2. The molecule has 1 aromatic carbocycles. The normalized spacial score (nSPS) is 19.5. The monoisotopic (exact) mass is 397 g/mol. The lowest BCUT2D eigenvalue weighted by atomic mass is 9.97. The lowest BCUT2D eigenvalue weighted by molar-refractivity contribution is -0.117. The molecule has 7 heteroatoms. The number of hydrogen-bond acceptors (Lipinski definition) is 4. The highest BCUT2D eigenvalue weighted by Crippen LogP contribution is 2.34. The number of anilines is 2. The fourth-order valence-corrected chi connectivity index (χ4v) is 4.66. The Morgan fingerprint density at radius 1 is 1.21 bits per heavy atom.